The van der Waals surface area contributed by atoms with Crippen molar-refractivity contribution in [3.63, 3.8) is 0 Å². The van der Waals surface area contributed by atoms with Gasteiger partial charge in [-0.25, -0.2) is 9.97 Å². The summed E-state index contributed by atoms with van der Waals surface area (Å²) >= 11 is 6.20. The average Bonchev–Trinajstić information content (AvgIpc) is 2.95. The standard InChI is InChI=1S/C14H11ClN2O3/c1-18-9-3-4-10-8(5-9)6-11(17-13(10)15)14-16-7-12(19-2)20-14/h3-7H,1-2H3. The second kappa shape index (κ2) is 5.02. The number of benzene rings is 1. The summed E-state index contributed by atoms with van der Waals surface area (Å²) in [7, 11) is 3.12. The second-order valence-electron chi connectivity index (χ2n) is 4.07. The minimum atomic E-state index is 0.323. The lowest BCUT2D eigenvalue weighted by Crippen LogP contribution is -1.88. The van der Waals surface area contributed by atoms with Crippen LogP contribution in [0.5, 0.6) is 11.7 Å². The van der Waals surface area contributed by atoms with Crippen molar-refractivity contribution in [2.45, 2.75) is 0 Å². The molecule has 102 valence electrons. The van der Waals surface area contributed by atoms with Gasteiger partial charge in [0.05, 0.1) is 14.2 Å². The summed E-state index contributed by atoms with van der Waals surface area (Å²) in [5.41, 5.74) is 0.541. The van der Waals surface area contributed by atoms with Crippen LogP contribution in [-0.4, -0.2) is 24.2 Å². The summed E-state index contributed by atoms with van der Waals surface area (Å²) in [4.78, 5) is 8.39. The van der Waals surface area contributed by atoms with Crippen molar-refractivity contribution in [3.8, 4) is 23.3 Å². The molecule has 2 aromatic heterocycles. The molecule has 20 heavy (non-hydrogen) atoms. The number of aromatic nitrogens is 2. The van der Waals surface area contributed by atoms with Gasteiger partial charge in [0.15, 0.2) is 0 Å². The molecule has 0 aliphatic rings. The zero-order valence-corrected chi connectivity index (χ0v) is 11.6. The Bertz CT molecular complexity index is 770. The van der Waals surface area contributed by atoms with E-state index in [-0.39, 0.29) is 0 Å². The number of rotatable bonds is 3. The third kappa shape index (κ3) is 2.16. The van der Waals surface area contributed by atoms with E-state index < -0.39 is 0 Å². The summed E-state index contributed by atoms with van der Waals surface area (Å²) in [6.07, 6.45) is 1.49. The fourth-order valence-corrected chi connectivity index (χ4v) is 2.17. The van der Waals surface area contributed by atoms with Crippen LogP contribution in [0, 0.1) is 0 Å². The zero-order chi connectivity index (χ0) is 14.1. The van der Waals surface area contributed by atoms with Gasteiger partial charge in [0.2, 0.25) is 5.89 Å². The molecule has 5 nitrogen and oxygen atoms in total. The number of hydrogen-bond donors (Lipinski definition) is 0. The number of pyridine rings is 1. The monoisotopic (exact) mass is 290 g/mol. The first-order valence-electron chi connectivity index (χ1n) is 5.86. The molecule has 0 aliphatic heterocycles. The molecule has 0 N–H and O–H groups in total. The Morgan fingerprint density at radius 1 is 1.15 bits per heavy atom. The first-order valence-corrected chi connectivity index (χ1v) is 6.23. The molecule has 0 fully saturated rings. The van der Waals surface area contributed by atoms with Crippen LogP contribution in [0.25, 0.3) is 22.4 Å². The van der Waals surface area contributed by atoms with Gasteiger partial charge in [-0.3, -0.25) is 0 Å². The van der Waals surface area contributed by atoms with E-state index >= 15 is 0 Å². The van der Waals surface area contributed by atoms with Crippen LogP contribution in [0.15, 0.2) is 34.9 Å². The van der Waals surface area contributed by atoms with Crippen LogP contribution < -0.4 is 9.47 Å². The minimum Gasteiger partial charge on any atom is -0.497 e. The number of nitrogens with zero attached hydrogens (tertiary/aromatic N) is 2. The normalized spacial score (nSPS) is 10.8. The van der Waals surface area contributed by atoms with Crippen molar-refractivity contribution in [1.29, 1.82) is 0 Å². The number of methoxy groups -OCH3 is 2. The van der Waals surface area contributed by atoms with Gasteiger partial charge in [0, 0.05) is 5.39 Å². The lowest BCUT2D eigenvalue weighted by molar-refractivity contribution is 0.308. The first kappa shape index (κ1) is 12.7. The maximum absolute atomic E-state index is 6.20. The van der Waals surface area contributed by atoms with Gasteiger partial charge in [-0.2, -0.15) is 0 Å². The lowest BCUT2D eigenvalue weighted by Gasteiger charge is -2.05. The average molecular weight is 291 g/mol. The van der Waals surface area contributed by atoms with Gasteiger partial charge in [0.25, 0.3) is 0 Å². The summed E-state index contributed by atoms with van der Waals surface area (Å²) in [5, 5.41) is 2.13. The van der Waals surface area contributed by atoms with Crippen molar-refractivity contribution < 1.29 is 13.9 Å². The van der Waals surface area contributed by atoms with Crippen LogP contribution in [-0.2, 0) is 0 Å². The van der Waals surface area contributed by atoms with E-state index in [1.165, 1.54) is 13.3 Å². The van der Waals surface area contributed by atoms with E-state index in [1.807, 2.05) is 24.3 Å². The van der Waals surface area contributed by atoms with Gasteiger partial charge in [0.1, 0.15) is 22.8 Å². The topological polar surface area (TPSA) is 57.4 Å². The molecule has 0 atom stereocenters. The second-order valence-corrected chi connectivity index (χ2v) is 4.43. The molecular formula is C14H11ClN2O3. The predicted molar refractivity (Wildman–Crippen MR) is 75.4 cm³/mol. The number of hydrogen-bond acceptors (Lipinski definition) is 5. The Labute approximate surface area is 120 Å². The van der Waals surface area contributed by atoms with Crippen molar-refractivity contribution in [2.75, 3.05) is 14.2 Å². The van der Waals surface area contributed by atoms with Gasteiger partial charge in [-0.1, -0.05) is 11.6 Å². The van der Waals surface area contributed by atoms with E-state index in [0.29, 0.717) is 22.7 Å². The maximum Gasteiger partial charge on any atom is 0.305 e. The molecular weight excluding hydrogens is 280 g/mol. The van der Waals surface area contributed by atoms with Crippen molar-refractivity contribution in [3.05, 3.63) is 35.6 Å². The fourth-order valence-electron chi connectivity index (χ4n) is 1.90. The largest absolute Gasteiger partial charge is 0.497 e. The number of fused-ring (bicyclic) bond motifs is 1. The summed E-state index contributed by atoms with van der Waals surface area (Å²) < 4.78 is 15.6. The summed E-state index contributed by atoms with van der Waals surface area (Å²) in [6, 6.07) is 7.43. The van der Waals surface area contributed by atoms with Crippen molar-refractivity contribution in [1.82, 2.24) is 9.97 Å². The molecule has 6 heteroatoms. The third-order valence-electron chi connectivity index (χ3n) is 2.90. The Morgan fingerprint density at radius 2 is 2.00 bits per heavy atom. The molecule has 0 radical (unpaired) electrons. The molecule has 0 saturated carbocycles. The Morgan fingerprint density at radius 3 is 2.70 bits per heavy atom. The molecule has 0 saturated heterocycles. The molecule has 2 heterocycles. The maximum atomic E-state index is 6.20. The van der Waals surface area contributed by atoms with Crippen molar-refractivity contribution in [2.24, 2.45) is 0 Å². The highest BCUT2D eigenvalue weighted by Gasteiger charge is 2.12. The number of halogens is 1. The quantitative estimate of drug-likeness (QED) is 0.690. The van der Waals surface area contributed by atoms with Gasteiger partial charge < -0.3 is 13.9 Å². The van der Waals surface area contributed by atoms with Crippen LogP contribution in [0.1, 0.15) is 0 Å². The smallest absolute Gasteiger partial charge is 0.305 e. The van der Waals surface area contributed by atoms with E-state index in [0.717, 1.165) is 16.5 Å². The molecule has 3 aromatic rings. The molecule has 0 amide bonds. The minimum absolute atomic E-state index is 0.323. The Balaban J connectivity index is 2.16. The fraction of sp³-hybridized carbons (Fsp3) is 0.143. The highest BCUT2D eigenvalue weighted by Crippen LogP contribution is 2.30. The molecule has 0 aliphatic carbocycles. The highest BCUT2D eigenvalue weighted by atomic mass is 35.5. The summed E-state index contributed by atoms with van der Waals surface area (Å²) in [6.45, 7) is 0. The van der Waals surface area contributed by atoms with E-state index in [1.54, 1.807) is 7.11 Å². The van der Waals surface area contributed by atoms with Crippen LogP contribution >= 0.6 is 11.6 Å². The molecule has 0 bridgehead atoms. The SMILES string of the molecule is COc1ccc2c(Cl)nc(-c3ncc(OC)o3)cc2c1. The third-order valence-corrected chi connectivity index (χ3v) is 3.18. The molecule has 0 unspecified atom stereocenters. The van der Waals surface area contributed by atoms with Gasteiger partial charge in [-0.05, 0) is 29.7 Å². The molecule has 0 spiro atoms. The van der Waals surface area contributed by atoms with Gasteiger partial charge >= 0.3 is 5.95 Å². The summed E-state index contributed by atoms with van der Waals surface area (Å²) in [5.74, 6) is 1.42. The number of oxazole rings is 1. The Hall–Kier alpha value is -2.27. The van der Waals surface area contributed by atoms with Crippen LogP contribution in [0.3, 0.4) is 0 Å². The lowest BCUT2D eigenvalue weighted by atomic mass is 10.1. The van der Waals surface area contributed by atoms with Crippen LogP contribution in [0.4, 0.5) is 0 Å². The highest BCUT2D eigenvalue weighted by molar-refractivity contribution is 6.34. The molecule has 3 rings (SSSR count). The predicted octanol–water partition coefficient (Wildman–Crippen LogP) is 3.56. The first-order chi connectivity index (χ1) is 9.71. The number of ether oxygens (including phenoxy) is 2. The molecule has 1 aromatic carbocycles. The van der Waals surface area contributed by atoms with Gasteiger partial charge in [-0.15, -0.1) is 0 Å². The Kier molecular flexibility index (Phi) is 3.20. The van der Waals surface area contributed by atoms with Crippen LogP contribution in [0.2, 0.25) is 5.15 Å². The zero-order valence-electron chi connectivity index (χ0n) is 10.9. The van der Waals surface area contributed by atoms with Crippen molar-refractivity contribution >= 4 is 22.4 Å². The van der Waals surface area contributed by atoms with E-state index in [2.05, 4.69) is 9.97 Å². The van der Waals surface area contributed by atoms with E-state index in [4.69, 9.17) is 25.5 Å². The van der Waals surface area contributed by atoms with E-state index in [9.17, 15) is 0 Å².